The number of carboxylic acid groups (broad SMARTS) is 1. The van der Waals surface area contributed by atoms with E-state index in [1.807, 2.05) is 0 Å². The second-order valence-corrected chi connectivity index (χ2v) is 5.71. The smallest absolute Gasteiger partial charge is 0.328 e. The maximum absolute atomic E-state index is 10.5. The van der Waals surface area contributed by atoms with Crippen LogP contribution in [0.15, 0.2) is 46.9 Å². The molecule has 0 heterocycles. The van der Waals surface area contributed by atoms with Gasteiger partial charge in [0.2, 0.25) is 0 Å². The predicted molar refractivity (Wildman–Crippen MR) is 87.3 cm³/mol. The molecule has 0 aliphatic carbocycles. The zero-order chi connectivity index (χ0) is 15.4. The van der Waals surface area contributed by atoms with Gasteiger partial charge in [0, 0.05) is 16.6 Å². The topological polar surface area (TPSA) is 46.5 Å². The zero-order valence-electron chi connectivity index (χ0n) is 10.5. The summed E-state index contributed by atoms with van der Waals surface area (Å²) in [6.45, 7) is 0. The van der Waals surface area contributed by atoms with Crippen molar-refractivity contribution in [2.24, 2.45) is 0 Å². The summed E-state index contributed by atoms with van der Waals surface area (Å²) in [4.78, 5) is 10.5. The van der Waals surface area contributed by atoms with Crippen molar-refractivity contribution < 1.29 is 14.6 Å². The Morgan fingerprint density at radius 3 is 2.67 bits per heavy atom. The highest BCUT2D eigenvalue weighted by Crippen LogP contribution is 2.36. The van der Waals surface area contributed by atoms with Gasteiger partial charge in [-0.15, -0.1) is 0 Å². The number of carboxylic acids is 1. The molecule has 3 nitrogen and oxygen atoms in total. The Bertz CT molecular complexity index is 714. The summed E-state index contributed by atoms with van der Waals surface area (Å²) in [5, 5.41) is 9.51. The van der Waals surface area contributed by atoms with Crippen molar-refractivity contribution in [3.63, 3.8) is 0 Å². The van der Waals surface area contributed by atoms with Gasteiger partial charge in [0.1, 0.15) is 11.5 Å². The summed E-state index contributed by atoms with van der Waals surface area (Å²) in [5.74, 6) is -0.0592. The van der Waals surface area contributed by atoms with Crippen molar-refractivity contribution in [1.29, 1.82) is 0 Å². The summed E-state index contributed by atoms with van der Waals surface area (Å²) >= 11 is 15.4. The largest absolute Gasteiger partial charge is 0.478 e. The van der Waals surface area contributed by atoms with Gasteiger partial charge in [-0.25, -0.2) is 4.79 Å². The lowest BCUT2D eigenvalue weighted by Crippen LogP contribution is -1.88. The van der Waals surface area contributed by atoms with Crippen LogP contribution in [0, 0.1) is 0 Å². The Morgan fingerprint density at radius 1 is 1.19 bits per heavy atom. The highest BCUT2D eigenvalue weighted by atomic mass is 79.9. The minimum Gasteiger partial charge on any atom is -0.478 e. The lowest BCUT2D eigenvalue weighted by Gasteiger charge is -2.09. The molecule has 0 spiro atoms. The Labute approximate surface area is 139 Å². The summed E-state index contributed by atoms with van der Waals surface area (Å²) in [7, 11) is 0. The number of aliphatic carboxylic acids is 1. The van der Waals surface area contributed by atoms with Crippen molar-refractivity contribution >= 4 is 51.2 Å². The molecule has 0 fully saturated rings. The Hall–Kier alpha value is -1.49. The molecule has 6 heteroatoms. The quantitative estimate of drug-likeness (QED) is 0.544. The first-order valence-electron chi connectivity index (χ1n) is 5.79. The maximum atomic E-state index is 10.5. The number of hydrogen-bond acceptors (Lipinski definition) is 2. The predicted octanol–water partition coefficient (Wildman–Crippen LogP) is 5.65. The molecular weight excluding hydrogens is 379 g/mol. The van der Waals surface area contributed by atoms with E-state index in [1.54, 1.807) is 36.4 Å². The number of hydrogen-bond donors (Lipinski definition) is 1. The highest BCUT2D eigenvalue weighted by molar-refractivity contribution is 9.10. The summed E-state index contributed by atoms with van der Waals surface area (Å²) in [6, 6.07) is 10.2. The van der Waals surface area contributed by atoms with E-state index in [1.165, 1.54) is 6.08 Å². The van der Waals surface area contributed by atoms with Crippen LogP contribution >= 0.6 is 39.1 Å². The van der Waals surface area contributed by atoms with Crippen LogP contribution in [0.1, 0.15) is 5.56 Å². The van der Waals surface area contributed by atoms with E-state index in [2.05, 4.69) is 15.9 Å². The van der Waals surface area contributed by atoms with Gasteiger partial charge in [-0.05, 0) is 45.8 Å². The molecule has 0 bridgehead atoms. The van der Waals surface area contributed by atoms with Gasteiger partial charge in [0.05, 0.1) is 10.0 Å². The van der Waals surface area contributed by atoms with Gasteiger partial charge in [0.25, 0.3) is 0 Å². The van der Waals surface area contributed by atoms with Crippen LogP contribution in [0.4, 0.5) is 0 Å². The summed E-state index contributed by atoms with van der Waals surface area (Å²) in [6.07, 6.45) is 2.54. The summed E-state index contributed by atoms with van der Waals surface area (Å²) in [5.41, 5.74) is 0.703. The lowest BCUT2D eigenvalue weighted by atomic mass is 10.2. The van der Waals surface area contributed by atoms with Crippen LogP contribution in [0.5, 0.6) is 11.5 Å². The van der Waals surface area contributed by atoms with Crippen molar-refractivity contribution in [2.45, 2.75) is 0 Å². The third-order valence-corrected chi connectivity index (χ3v) is 3.97. The highest BCUT2D eigenvalue weighted by Gasteiger charge is 2.08. The first-order valence-corrected chi connectivity index (χ1v) is 7.34. The van der Waals surface area contributed by atoms with E-state index in [9.17, 15) is 4.79 Å². The van der Waals surface area contributed by atoms with Gasteiger partial charge in [-0.1, -0.05) is 35.3 Å². The number of benzene rings is 2. The Balaban J connectivity index is 2.26. The van der Waals surface area contributed by atoms with Gasteiger partial charge in [-0.3, -0.25) is 0 Å². The van der Waals surface area contributed by atoms with Crippen molar-refractivity contribution in [3.05, 3.63) is 62.6 Å². The molecule has 0 aliphatic rings. The zero-order valence-corrected chi connectivity index (χ0v) is 13.6. The monoisotopic (exact) mass is 386 g/mol. The van der Waals surface area contributed by atoms with E-state index < -0.39 is 5.97 Å². The molecule has 0 atom stereocenters. The van der Waals surface area contributed by atoms with Gasteiger partial charge >= 0.3 is 5.97 Å². The molecule has 0 aliphatic heterocycles. The van der Waals surface area contributed by atoms with Crippen LogP contribution in [0.3, 0.4) is 0 Å². The van der Waals surface area contributed by atoms with Crippen molar-refractivity contribution in [3.8, 4) is 11.5 Å². The van der Waals surface area contributed by atoms with Crippen molar-refractivity contribution in [2.75, 3.05) is 0 Å². The van der Waals surface area contributed by atoms with Crippen molar-refractivity contribution in [1.82, 2.24) is 0 Å². The number of carbonyl (C=O) groups is 1. The minimum atomic E-state index is -1.01. The van der Waals surface area contributed by atoms with Crippen LogP contribution in [-0.4, -0.2) is 11.1 Å². The van der Waals surface area contributed by atoms with Crippen LogP contribution < -0.4 is 4.74 Å². The van der Waals surface area contributed by atoms with E-state index in [-0.39, 0.29) is 0 Å². The Morgan fingerprint density at radius 2 is 1.95 bits per heavy atom. The molecular formula is C15H9BrCl2O3. The van der Waals surface area contributed by atoms with E-state index in [0.717, 1.165) is 6.08 Å². The van der Waals surface area contributed by atoms with Gasteiger partial charge in [-0.2, -0.15) is 0 Å². The number of ether oxygens (including phenoxy) is 1. The molecule has 0 saturated carbocycles. The molecule has 21 heavy (non-hydrogen) atoms. The average molecular weight is 388 g/mol. The van der Waals surface area contributed by atoms with Crippen LogP contribution in [0.25, 0.3) is 6.08 Å². The van der Waals surface area contributed by atoms with E-state index >= 15 is 0 Å². The van der Waals surface area contributed by atoms with E-state index in [0.29, 0.717) is 31.6 Å². The third kappa shape index (κ3) is 4.49. The van der Waals surface area contributed by atoms with Gasteiger partial charge < -0.3 is 9.84 Å². The summed E-state index contributed by atoms with van der Waals surface area (Å²) < 4.78 is 6.35. The Kier molecular flexibility index (Phi) is 5.28. The van der Waals surface area contributed by atoms with Crippen LogP contribution in [-0.2, 0) is 4.79 Å². The van der Waals surface area contributed by atoms with Gasteiger partial charge in [0.15, 0.2) is 0 Å². The standard InChI is InChI=1S/C15H9BrCl2O3/c16-11-7-13(18)14(8-12(11)17)21-10-3-1-2-9(6-10)4-5-15(19)20/h1-8H,(H,19,20)/b5-4+. The lowest BCUT2D eigenvalue weighted by molar-refractivity contribution is -0.131. The fourth-order valence-electron chi connectivity index (χ4n) is 1.56. The fourth-order valence-corrected chi connectivity index (χ4v) is 2.39. The molecule has 2 rings (SSSR count). The number of halogens is 3. The molecule has 0 amide bonds. The average Bonchev–Trinajstić information content (AvgIpc) is 2.43. The first kappa shape index (κ1) is 15.9. The molecule has 0 aromatic heterocycles. The molecule has 1 N–H and O–H groups in total. The second-order valence-electron chi connectivity index (χ2n) is 4.04. The second kappa shape index (κ2) is 6.98. The molecule has 0 unspecified atom stereocenters. The fraction of sp³-hybridized carbons (Fsp3) is 0. The molecule has 0 radical (unpaired) electrons. The molecule has 2 aromatic carbocycles. The third-order valence-electron chi connectivity index (χ3n) is 2.48. The molecule has 2 aromatic rings. The van der Waals surface area contributed by atoms with E-state index in [4.69, 9.17) is 33.0 Å². The molecule has 108 valence electrons. The maximum Gasteiger partial charge on any atom is 0.328 e. The SMILES string of the molecule is O=C(O)/C=C/c1cccc(Oc2cc(Cl)c(Br)cc2Cl)c1. The number of rotatable bonds is 4. The first-order chi connectivity index (χ1) is 9.95. The molecule has 0 saturated heterocycles. The normalized spacial score (nSPS) is 10.8. The minimum absolute atomic E-state index is 0.415. The van der Waals surface area contributed by atoms with Crippen LogP contribution in [0.2, 0.25) is 10.0 Å².